The highest BCUT2D eigenvalue weighted by Crippen LogP contribution is 2.29. The van der Waals surface area contributed by atoms with Crippen molar-refractivity contribution in [2.45, 2.75) is 12.5 Å². The van der Waals surface area contributed by atoms with Crippen LogP contribution >= 0.6 is 11.3 Å². The molecule has 6 heteroatoms. The third-order valence-electron chi connectivity index (χ3n) is 2.93. The van der Waals surface area contributed by atoms with Crippen molar-refractivity contribution in [3.63, 3.8) is 0 Å². The molecule has 0 aliphatic carbocycles. The molecule has 1 saturated heterocycles. The molecule has 2 aromatic heterocycles. The van der Waals surface area contributed by atoms with E-state index in [0.29, 0.717) is 13.0 Å². The topological polar surface area (TPSA) is 55.3 Å². The van der Waals surface area contributed by atoms with Crippen molar-refractivity contribution in [1.29, 1.82) is 0 Å². The van der Waals surface area contributed by atoms with Crippen molar-refractivity contribution in [2.24, 2.45) is 0 Å². The van der Waals surface area contributed by atoms with Gasteiger partial charge in [-0.15, -0.1) is 11.3 Å². The molecule has 0 aromatic carbocycles. The van der Waals surface area contributed by atoms with Gasteiger partial charge in [0.15, 0.2) is 0 Å². The monoisotopic (exact) mass is 249 g/mol. The first kappa shape index (κ1) is 10.5. The zero-order chi connectivity index (χ0) is 11.7. The molecule has 2 aromatic rings. The van der Waals surface area contributed by atoms with Crippen LogP contribution in [0.1, 0.15) is 6.42 Å². The average Bonchev–Trinajstić information content (AvgIpc) is 2.96. The molecule has 0 bridgehead atoms. The number of nitrogens with zero attached hydrogens (tertiary/aromatic N) is 3. The lowest BCUT2D eigenvalue weighted by Gasteiger charge is -2.17. The van der Waals surface area contributed by atoms with E-state index in [4.69, 9.17) is 4.74 Å². The maximum Gasteiger partial charge on any atom is 0.293 e. The molecule has 1 atom stereocenters. The molecular weight excluding hydrogens is 238 g/mol. The standard InChI is InChI=1S/C11H11N3O2S/c15-7-16-8-1-3-14(5-8)10-9-2-4-17-11(9)13-6-12-10/h2,4,6-8H,1,3,5H2. The summed E-state index contributed by atoms with van der Waals surface area (Å²) < 4.78 is 4.99. The lowest BCUT2D eigenvalue weighted by Crippen LogP contribution is -2.23. The van der Waals surface area contributed by atoms with Gasteiger partial charge in [0.1, 0.15) is 23.1 Å². The van der Waals surface area contributed by atoms with Gasteiger partial charge >= 0.3 is 0 Å². The molecular formula is C11H11N3O2S. The maximum absolute atomic E-state index is 10.3. The first-order valence-electron chi connectivity index (χ1n) is 5.41. The predicted octanol–water partition coefficient (Wildman–Crippen LogP) is 1.44. The summed E-state index contributed by atoms with van der Waals surface area (Å²) in [5, 5.41) is 3.09. The molecule has 3 rings (SSSR count). The van der Waals surface area contributed by atoms with E-state index in [9.17, 15) is 4.79 Å². The third kappa shape index (κ3) is 1.84. The van der Waals surface area contributed by atoms with Gasteiger partial charge in [0.25, 0.3) is 6.47 Å². The van der Waals surface area contributed by atoms with Gasteiger partial charge in [-0.3, -0.25) is 4.79 Å². The SMILES string of the molecule is O=COC1CCN(c2ncnc3sccc23)C1. The van der Waals surface area contributed by atoms with Crippen LogP contribution in [0.2, 0.25) is 0 Å². The maximum atomic E-state index is 10.3. The highest BCUT2D eigenvalue weighted by atomic mass is 32.1. The van der Waals surface area contributed by atoms with Crippen molar-refractivity contribution in [2.75, 3.05) is 18.0 Å². The summed E-state index contributed by atoms with van der Waals surface area (Å²) in [6, 6.07) is 2.03. The molecule has 0 amide bonds. The summed E-state index contributed by atoms with van der Waals surface area (Å²) in [5.41, 5.74) is 0. The predicted molar refractivity (Wildman–Crippen MR) is 65.2 cm³/mol. The number of thiophene rings is 1. The molecule has 1 fully saturated rings. The van der Waals surface area contributed by atoms with Crippen LogP contribution in [0.15, 0.2) is 17.8 Å². The van der Waals surface area contributed by atoms with Crippen LogP contribution in [0.4, 0.5) is 5.82 Å². The minimum absolute atomic E-state index is 0.0175. The molecule has 1 unspecified atom stereocenters. The summed E-state index contributed by atoms with van der Waals surface area (Å²) >= 11 is 1.61. The second-order valence-electron chi connectivity index (χ2n) is 3.93. The molecule has 3 heterocycles. The molecule has 5 nitrogen and oxygen atoms in total. The zero-order valence-corrected chi connectivity index (χ0v) is 9.89. The number of aromatic nitrogens is 2. The van der Waals surface area contributed by atoms with E-state index in [2.05, 4.69) is 14.9 Å². The van der Waals surface area contributed by atoms with Crippen molar-refractivity contribution in [1.82, 2.24) is 9.97 Å². The van der Waals surface area contributed by atoms with Gasteiger partial charge in [0.2, 0.25) is 0 Å². The fraction of sp³-hybridized carbons (Fsp3) is 0.364. The van der Waals surface area contributed by atoms with Crippen LogP contribution in [0.25, 0.3) is 10.2 Å². The van der Waals surface area contributed by atoms with Crippen molar-refractivity contribution in [3.05, 3.63) is 17.8 Å². The molecule has 88 valence electrons. The van der Waals surface area contributed by atoms with Crippen LogP contribution in [0.5, 0.6) is 0 Å². The number of fused-ring (bicyclic) bond motifs is 1. The molecule has 1 aliphatic heterocycles. The van der Waals surface area contributed by atoms with Crippen LogP contribution in [0.3, 0.4) is 0 Å². The van der Waals surface area contributed by atoms with Crippen molar-refractivity contribution in [3.8, 4) is 0 Å². The number of rotatable bonds is 3. The lowest BCUT2D eigenvalue weighted by atomic mass is 10.3. The Morgan fingerprint density at radius 3 is 3.35 bits per heavy atom. The van der Waals surface area contributed by atoms with Gasteiger partial charge < -0.3 is 9.64 Å². The molecule has 17 heavy (non-hydrogen) atoms. The van der Waals surface area contributed by atoms with E-state index in [0.717, 1.165) is 29.0 Å². The summed E-state index contributed by atoms with van der Waals surface area (Å²) in [7, 11) is 0. The van der Waals surface area contributed by atoms with Gasteiger partial charge in [-0.25, -0.2) is 9.97 Å². The number of hydrogen-bond acceptors (Lipinski definition) is 6. The van der Waals surface area contributed by atoms with Gasteiger partial charge in [0.05, 0.1) is 11.9 Å². The first-order chi connectivity index (χ1) is 8.38. The number of carbonyl (C=O) groups excluding carboxylic acids is 1. The van der Waals surface area contributed by atoms with Gasteiger partial charge in [-0.1, -0.05) is 0 Å². The largest absolute Gasteiger partial charge is 0.463 e. The number of hydrogen-bond donors (Lipinski definition) is 0. The summed E-state index contributed by atoms with van der Waals surface area (Å²) in [6.45, 7) is 2.09. The van der Waals surface area contributed by atoms with Crippen molar-refractivity contribution < 1.29 is 9.53 Å². The highest BCUT2D eigenvalue weighted by Gasteiger charge is 2.25. The van der Waals surface area contributed by atoms with Gasteiger partial charge in [0, 0.05) is 13.0 Å². The molecule has 0 radical (unpaired) electrons. The fourth-order valence-corrected chi connectivity index (χ4v) is 2.87. The third-order valence-corrected chi connectivity index (χ3v) is 3.75. The summed E-state index contributed by atoms with van der Waals surface area (Å²) in [4.78, 5) is 22.0. The normalized spacial score (nSPS) is 19.8. The Kier molecular flexibility index (Phi) is 2.64. The van der Waals surface area contributed by atoms with Crippen LogP contribution in [0, 0.1) is 0 Å². The van der Waals surface area contributed by atoms with E-state index in [-0.39, 0.29) is 6.10 Å². The van der Waals surface area contributed by atoms with E-state index in [1.165, 1.54) is 0 Å². The van der Waals surface area contributed by atoms with Crippen molar-refractivity contribution >= 4 is 33.8 Å². The Labute approximate surface area is 102 Å². The molecule has 1 aliphatic rings. The van der Waals surface area contributed by atoms with Gasteiger partial charge in [-0.2, -0.15) is 0 Å². The Morgan fingerprint density at radius 1 is 1.53 bits per heavy atom. The molecule has 0 N–H and O–H groups in total. The smallest absolute Gasteiger partial charge is 0.293 e. The quantitative estimate of drug-likeness (QED) is 0.770. The fourth-order valence-electron chi connectivity index (χ4n) is 2.14. The summed E-state index contributed by atoms with van der Waals surface area (Å²) in [5.74, 6) is 0.938. The van der Waals surface area contributed by atoms with Crippen LogP contribution in [-0.4, -0.2) is 35.6 Å². The second kappa shape index (κ2) is 4.29. The van der Waals surface area contributed by atoms with E-state index < -0.39 is 0 Å². The Hall–Kier alpha value is -1.69. The average molecular weight is 249 g/mol. The van der Waals surface area contributed by atoms with E-state index >= 15 is 0 Å². The van der Waals surface area contributed by atoms with Crippen LogP contribution < -0.4 is 4.90 Å². The number of carbonyl (C=O) groups is 1. The minimum Gasteiger partial charge on any atom is -0.463 e. The van der Waals surface area contributed by atoms with Crippen LogP contribution in [-0.2, 0) is 9.53 Å². The molecule has 0 spiro atoms. The number of anilines is 1. The Morgan fingerprint density at radius 2 is 2.47 bits per heavy atom. The Balaban J connectivity index is 1.89. The minimum atomic E-state index is -0.0175. The lowest BCUT2D eigenvalue weighted by molar-refractivity contribution is -0.132. The van der Waals surface area contributed by atoms with Gasteiger partial charge in [-0.05, 0) is 11.4 Å². The Bertz CT molecular complexity index is 542. The first-order valence-corrected chi connectivity index (χ1v) is 6.28. The summed E-state index contributed by atoms with van der Waals surface area (Å²) in [6.07, 6.45) is 2.42. The highest BCUT2D eigenvalue weighted by molar-refractivity contribution is 7.16. The van der Waals surface area contributed by atoms with E-state index in [1.54, 1.807) is 17.7 Å². The molecule has 0 saturated carbocycles. The zero-order valence-electron chi connectivity index (χ0n) is 9.07. The second-order valence-corrected chi connectivity index (χ2v) is 4.82. The van der Waals surface area contributed by atoms with E-state index in [1.807, 2.05) is 11.4 Å². The number of ether oxygens (including phenoxy) is 1.